The van der Waals surface area contributed by atoms with Crippen molar-refractivity contribution in [1.29, 1.82) is 0 Å². The summed E-state index contributed by atoms with van der Waals surface area (Å²) in [5.74, 6) is 0.574. The highest BCUT2D eigenvalue weighted by Gasteiger charge is 2.02. The summed E-state index contributed by atoms with van der Waals surface area (Å²) in [7, 11) is 0. The molecule has 0 amide bonds. The van der Waals surface area contributed by atoms with Gasteiger partial charge in [-0.3, -0.25) is 4.98 Å². The Morgan fingerprint density at radius 1 is 1.00 bits per heavy atom. The number of pyridine rings is 1. The first-order valence-corrected chi connectivity index (χ1v) is 7.39. The molecule has 0 saturated carbocycles. The number of hydrogen-bond acceptors (Lipinski definition) is 2. The molecule has 0 aliphatic rings. The highest BCUT2D eigenvalue weighted by Crippen LogP contribution is 2.20. The van der Waals surface area contributed by atoms with Gasteiger partial charge in [-0.2, -0.15) is 0 Å². The van der Waals surface area contributed by atoms with Crippen molar-refractivity contribution in [3.05, 3.63) is 72.1 Å². The number of aromatic nitrogens is 1. The lowest BCUT2D eigenvalue weighted by Crippen LogP contribution is -2.00. The molecule has 0 fully saturated rings. The van der Waals surface area contributed by atoms with Crippen LogP contribution in [0.3, 0.4) is 0 Å². The summed E-state index contributed by atoms with van der Waals surface area (Å²) < 4.78 is 0. The quantitative estimate of drug-likeness (QED) is 0.727. The number of rotatable bonds is 4. The minimum absolute atomic E-state index is 0.574. The Hall–Kier alpha value is -2.35. The molecule has 0 aliphatic heterocycles. The van der Waals surface area contributed by atoms with Gasteiger partial charge in [-0.25, -0.2) is 0 Å². The average molecular weight is 276 g/mol. The summed E-state index contributed by atoms with van der Waals surface area (Å²) >= 11 is 0. The molecule has 0 aliphatic carbocycles. The van der Waals surface area contributed by atoms with Gasteiger partial charge < -0.3 is 5.32 Å². The lowest BCUT2D eigenvalue weighted by Gasteiger charge is -2.11. The third kappa shape index (κ3) is 3.05. The maximum atomic E-state index is 4.18. The van der Waals surface area contributed by atoms with Gasteiger partial charge in [0.2, 0.25) is 0 Å². The SMILES string of the molecule is CC(C)c1ccc(NCc2cccc3cnccc23)cc1. The number of nitrogens with zero attached hydrogens (tertiary/aromatic N) is 1. The molecule has 1 aromatic heterocycles. The van der Waals surface area contributed by atoms with Crippen LogP contribution in [0, 0.1) is 0 Å². The van der Waals surface area contributed by atoms with Crippen LogP contribution in [0.15, 0.2) is 60.9 Å². The number of hydrogen-bond donors (Lipinski definition) is 1. The molecule has 0 bridgehead atoms. The van der Waals surface area contributed by atoms with Crippen LogP contribution < -0.4 is 5.32 Å². The molecule has 106 valence electrons. The van der Waals surface area contributed by atoms with E-state index in [1.54, 1.807) is 0 Å². The smallest absolute Gasteiger partial charge is 0.0406 e. The molecule has 3 aromatic rings. The topological polar surface area (TPSA) is 24.9 Å². The minimum atomic E-state index is 0.574. The van der Waals surface area contributed by atoms with Crippen molar-refractivity contribution in [3.8, 4) is 0 Å². The van der Waals surface area contributed by atoms with Gasteiger partial charge in [0.1, 0.15) is 0 Å². The van der Waals surface area contributed by atoms with Crippen molar-refractivity contribution in [2.45, 2.75) is 26.3 Å². The highest BCUT2D eigenvalue weighted by molar-refractivity contribution is 5.84. The van der Waals surface area contributed by atoms with Crippen molar-refractivity contribution in [2.75, 3.05) is 5.32 Å². The summed E-state index contributed by atoms with van der Waals surface area (Å²) in [5, 5.41) is 5.95. The van der Waals surface area contributed by atoms with Crippen LogP contribution in [0.25, 0.3) is 10.8 Å². The van der Waals surface area contributed by atoms with Gasteiger partial charge in [-0.05, 0) is 40.6 Å². The van der Waals surface area contributed by atoms with E-state index in [4.69, 9.17) is 0 Å². The van der Waals surface area contributed by atoms with Crippen LogP contribution in [0.1, 0.15) is 30.9 Å². The van der Waals surface area contributed by atoms with E-state index in [1.165, 1.54) is 21.9 Å². The minimum Gasteiger partial charge on any atom is -0.381 e. The fourth-order valence-electron chi connectivity index (χ4n) is 2.53. The monoisotopic (exact) mass is 276 g/mol. The second-order valence-electron chi connectivity index (χ2n) is 5.64. The Labute approximate surface area is 125 Å². The molecule has 2 nitrogen and oxygen atoms in total. The van der Waals surface area contributed by atoms with Crippen molar-refractivity contribution < 1.29 is 0 Å². The molecule has 0 spiro atoms. The second kappa shape index (κ2) is 5.96. The van der Waals surface area contributed by atoms with Crippen LogP contribution in [0.5, 0.6) is 0 Å². The summed E-state index contributed by atoms with van der Waals surface area (Å²) in [6.07, 6.45) is 3.76. The zero-order valence-corrected chi connectivity index (χ0v) is 12.5. The third-order valence-corrected chi connectivity index (χ3v) is 3.83. The normalized spacial score (nSPS) is 11.0. The molecule has 2 heteroatoms. The molecule has 1 N–H and O–H groups in total. The molecular formula is C19H20N2. The Kier molecular flexibility index (Phi) is 3.87. The largest absolute Gasteiger partial charge is 0.381 e. The lowest BCUT2D eigenvalue weighted by molar-refractivity contribution is 0.867. The summed E-state index contributed by atoms with van der Waals surface area (Å²) in [4.78, 5) is 4.18. The fourth-order valence-corrected chi connectivity index (χ4v) is 2.53. The van der Waals surface area contributed by atoms with Gasteiger partial charge in [0, 0.05) is 30.0 Å². The second-order valence-corrected chi connectivity index (χ2v) is 5.64. The number of anilines is 1. The van der Waals surface area contributed by atoms with E-state index in [-0.39, 0.29) is 0 Å². The highest BCUT2D eigenvalue weighted by atomic mass is 14.9. The Morgan fingerprint density at radius 2 is 1.81 bits per heavy atom. The van der Waals surface area contributed by atoms with Crippen LogP contribution in [-0.4, -0.2) is 4.98 Å². The van der Waals surface area contributed by atoms with E-state index in [9.17, 15) is 0 Å². The van der Waals surface area contributed by atoms with Crippen molar-refractivity contribution >= 4 is 16.5 Å². The average Bonchev–Trinajstić information content (AvgIpc) is 2.53. The van der Waals surface area contributed by atoms with Crippen molar-refractivity contribution in [2.24, 2.45) is 0 Å². The first-order valence-electron chi connectivity index (χ1n) is 7.39. The van der Waals surface area contributed by atoms with E-state index < -0.39 is 0 Å². The van der Waals surface area contributed by atoms with E-state index in [2.05, 4.69) is 72.7 Å². The zero-order valence-electron chi connectivity index (χ0n) is 12.5. The van der Waals surface area contributed by atoms with Crippen LogP contribution in [0.4, 0.5) is 5.69 Å². The standard InChI is InChI=1S/C19H20N2/c1-14(2)15-6-8-18(9-7-15)21-13-17-5-3-4-16-12-20-11-10-19(16)17/h3-12,14,21H,13H2,1-2H3. The van der Waals surface area contributed by atoms with E-state index in [1.807, 2.05) is 12.4 Å². The lowest BCUT2D eigenvalue weighted by atomic mass is 10.0. The molecule has 2 aromatic carbocycles. The van der Waals surface area contributed by atoms with Gasteiger partial charge in [-0.15, -0.1) is 0 Å². The molecule has 0 saturated heterocycles. The van der Waals surface area contributed by atoms with Gasteiger partial charge in [0.05, 0.1) is 0 Å². The molecule has 21 heavy (non-hydrogen) atoms. The van der Waals surface area contributed by atoms with E-state index in [0.29, 0.717) is 5.92 Å². The Bertz CT molecular complexity index is 725. The first kappa shape index (κ1) is 13.6. The van der Waals surface area contributed by atoms with Crippen molar-refractivity contribution in [3.63, 3.8) is 0 Å². The molecule has 0 unspecified atom stereocenters. The van der Waals surface area contributed by atoms with Crippen molar-refractivity contribution in [1.82, 2.24) is 4.98 Å². The van der Waals surface area contributed by atoms with Crippen LogP contribution in [0.2, 0.25) is 0 Å². The van der Waals surface area contributed by atoms with Crippen LogP contribution >= 0.6 is 0 Å². The molecule has 3 rings (SSSR count). The summed E-state index contributed by atoms with van der Waals surface area (Å²) in [6, 6.07) is 17.1. The summed E-state index contributed by atoms with van der Waals surface area (Å²) in [6.45, 7) is 5.25. The summed E-state index contributed by atoms with van der Waals surface area (Å²) in [5.41, 5.74) is 3.82. The number of benzene rings is 2. The number of fused-ring (bicyclic) bond motifs is 1. The van der Waals surface area contributed by atoms with Gasteiger partial charge >= 0.3 is 0 Å². The fraction of sp³-hybridized carbons (Fsp3) is 0.211. The predicted molar refractivity (Wildman–Crippen MR) is 89.6 cm³/mol. The predicted octanol–water partition coefficient (Wildman–Crippen LogP) is 4.97. The zero-order chi connectivity index (χ0) is 14.7. The van der Waals surface area contributed by atoms with E-state index in [0.717, 1.165) is 12.2 Å². The Morgan fingerprint density at radius 3 is 2.57 bits per heavy atom. The molecule has 0 atom stereocenters. The molecular weight excluding hydrogens is 256 g/mol. The van der Waals surface area contributed by atoms with Gasteiger partial charge in [0.15, 0.2) is 0 Å². The van der Waals surface area contributed by atoms with Gasteiger partial charge in [0.25, 0.3) is 0 Å². The maximum absolute atomic E-state index is 4.18. The first-order chi connectivity index (χ1) is 10.2. The number of nitrogens with one attached hydrogen (secondary N) is 1. The Balaban J connectivity index is 1.77. The third-order valence-electron chi connectivity index (χ3n) is 3.83. The van der Waals surface area contributed by atoms with Gasteiger partial charge in [-0.1, -0.05) is 44.2 Å². The molecule has 0 radical (unpaired) electrons. The molecule has 1 heterocycles. The van der Waals surface area contributed by atoms with E-state index >= 15 is 0 Å². The maximum Gasteiger partial charge on any atom is 0.0406 e. The van der Waals surface area contributed by atoms with Crippen LogP contribution in [-0.2, 0) is 6.54 Å².